The van der Waals surface area contributed by atoms with Gasteiger partial charge in [0.25, 0.3) is 5.91 Å². The third kappa shape index (κ3) is 5.07. The van der Waals surface area contributed by atoms with E-state index in [-0.39, 0.29) is 17.1 Å². The van der Waals surface area contributed by atoms with Crippen LogP contribution in [0.5, 0.6) is 5.75 Å². The van der Waals surface area contributed by atoms with Crippen molar-refractivity contribution in [1.82, 2.24) is 5.32 Å². The van der Waals surface area contributed by atoms with E-state index < -0.39 is 0 Å². The monoisotopic (exact) mass is 328 g/mol. The number of carbonyl (C=O) groups is 1. The second-order valence-electron chi connectivity index (χ2n) is 5.44. The molecule has 2 rings (SSSR count). The van der Waals surface area contributed by atoms with Crippen LogP contribution in [0.3, 0.4) is 0 Å². The number of para-hydroxylation sites is 1. The lowest BCUT2D eigenvalue weighted by molar-refractivity contribution is 0.0972. The number of ether oxygens (including phenoxy) is 1. The molecule has 0 saturated carbocycles. The smallest absolute Gasteiger partial charge is 0.261 e. The molecule has 120 valence electrons. The van der Waals surface area contributed by atoms with E-state index in [0.717, 1.165) is 11.3 Å². The summed E-state index contributed by atoms with van der Waals surface area (Å²) in [5, 5.41) is 5.93. The van der Waals surface area contributed by atoms with E-state index in [1.54, 1.807) is 18.2 Å². The minimum Gasteiger partial charge on any atom is -0.490 e. The average molecular weight is 328 g/mol. The standard InChI is InChI=1S/C18H20N2O2S/c1-12(2)22-16-10-5-4-9-15(16)17(21)20-18(23)19-14-8-6-7-13(3)11-14/h4-12H,1-3H3,(H2,19,20,21,23). The van der Waals surface area contributed by atoms with Gasteiger partial charge in [-0.25, -0.2) is 0 Å². The summed E-state index contributed by atoms with van der Waals surface area (Å²) >= 11 is 5.20. The van der Waals surface area contributed by atoms with Gasteiger partial charge >= 0.3 is 0 Å². The zero-order valence-electron chi connectivity index (χ0n) is 13.4. The Morgan fingerprint density at radius 1 is 1.13 bits per heavy atom. The molecule has 0 bridgehead atoms. The normalized spacial score (nSPS) is 10.3. The van der Waals surface area contributed by atoms with Gasteiger partial charge in [0.15, 0.2) is 5.11 Å². The summed E-state index contributed by atoms with van der Waals surface area (Å²) in [6.07, 6.45) is -0.0127. The zero-order valence-corrected chi connectivity index (χ0v) is 14.2. The largest absolute Gasteiger partial charge is 0.490 e. The summed E-state index contributed by atoms with van der Waals surface area (Å²) in [5.41, 5.74) is 2.40. The van der Waals surface area contributed by atoms with E-state index in [9.17, 15) is 4.79 Å². The maximum absolute atomic E-state index is 12.4. The van der Waals surface area contributed by atoms with Crippen LogP contribution in [0.4, 0.5) is 5.69 Å². The van der Waals surface area contributed by atoms with Gasteiger partial charge in [-0.15, -0.1) is 0 Å². The first kappa shape index (κ1) is 17.0. The van der Waals surface area contributed by atoms with Crippen LogP contribution in [0.15, 0.2) is 48.5 Å². The Hall–Kier alpha value is -2.40. The lowest BCUT2D eigenvalue weighted by atomic mass is 10.2. The highest BCUT2D eigenvalue weighted by atomic mass is 32.1. The molecular weight excluding hydrogens is 308 g/mol. The highest BCUT2D eigenvalue weighted by Gasteiger charge is 2.14. The van der Waals surface area contributed by atoms with Crippen molar-refractivity contribution in [3.63, 3.8) is 0 Å². The van der Waals surface area contributed by atoms with Crippen LogP contribution in [0.1, 0.15) is 29.8 Å². The molecule has 2 N–H and O–H groups in total. The number of hydrogen-bond acceptors (Lipinski definition) is 3. The van der Waals surface area contributed by atoms with E-state index in [4.69, 9.17) is 17.0 Å². The quantitative estimate of drug-likeness (QED) is 0.836. The van der Waals surface area contributed by atoms with Gasteiger partial charge in [-0.3, -0.25) is 10.1 Å². The molecule has 0 atom stereocenters. The third-order valence-electron chi connectivity index (χ3n) is 3.00. The number of amides is 1. The van der Waals surface area contributed by atoms with E-state index in [1.165, 1.54) is 0 Å². The lowest BCUT2D eigenvalue weighted by Crippen LogP contribution is -2.34. The van der Waals surface area contributed by atoms with E-state index in [0.29, 0.717) is 11.3 Å². The van der Waals surface area contributed by atoms with Crippen molar-refractivity contribution >= 4 is 28.9 Å². The molecule has 0 aromatic heterocycles. The van der Waals surface area contributed by atoms with Gasteiger partial charge in [0.1, 0.15) is 5.75 Å². The number of rotatable bonds is 4. The Morgan fingerprint density at radius 2 is 1.87 bits per heavy atom. The number of nitrogens with one attached hydrogen (secondary N) is 2. The first-order chi connectivity index (χ1) is 11.0. The van der Waals surface area contributed by atoms with E-state index in [1.807, 2.05) is 51.1 Å². The highest BCUT2D eigenvalue weighted by molar-refractivity contribution is 7.80. The topological polar surface area (TPSA) is 50.4 Å². The van der Waals surface area contributed by atoms with Crippen molar-refractivity contribution in [1.29, 1.82) is 0 Å². The fourth-order valence-electron chi connectivity index (χ4n) is 2.07. The van der Waals surface area contributed by atoms with Crippen molar-refractivity contribution in [2.75, 3.05) is 5.32 Å². The Balaban J connectivity index is 2.05. The number of carbonyl (C=O) groups excluding carboxylic acids is 1. The van der Waals surface area contributed by atoms with Crippen LogP contribution in [0, 0.1) is 6.92 Å². The maximum atomic E-state index is 12.4. The van der Waals surface area contributed by atoms with Gasteiger partial charge in [-0.2, -0.15) is 0 Å². The SMILES string of the molecule is Cc1cccc(NC(=S)NC(=O)c2ccccc2OC(C)C)c1. The van der Waals surface area contributed by atoms with Crippen LogP contribution in [0.2, 0.25) is 0 Å². The number of anilines is 1. The molecule has 1 amide bonds. The molecule has 0 unspecified atom stereocenters. The zero-order chi connectivity index (χ0) is 16.8. The molecule has 0 spiro atoms. The summed E-state index contributed by atoms with van der Waals surface area (Å²) in [5.74, 6) is 0.241. The second-order valence-corrected chi connectivity index (χ2v) is 5.85. The first-order valence-electron chi connectivity index (χ1n) is 7.40. The van der Waals surface area contributed by atoms with Crippen LogP contribution in [-0.4, -0.2) is 17.1 Å². The summed E-state index contributed by atoms with van der Waals surface area (Å²) in [4.78, 5) is 12.4. The Morgan fingerprint density at radius 3 is 2.57 bits per heavy atom. The number of benzene rings is 2. The number of thiocarbonyl (C=S) groups is 1. The Labute approximate surface area is 141 Å². The fourth-order valence-corrected chi connectivity index (χ4v) is 2.28. The van der Waals surface area contributed by atoms with Gasteiger partial charge in [0, 0.05) is 5.69 Å². The molecule has 0 saturated heterocycles. The lowest BCUT2D eigenvalue weighted by Gasteiger charge is -2.15. The van der Waals surface area contributed by atoms with Crippen molar-refractivity contribution in [3.8, 4) is 5.75 Å². The van der Waals surface area contributed by atoms with Crippen LogP contribution >= 0.6 is 12.2 Å². The van der Waals surface area contributed by atoms with Gasteiger partial charge in [-0.1, -0.05) is 24.3 Å². The van der Waals surface area contributed by atoms with Gasteiger partial charge < -0.3 is 10.1 Å². The van der Waals surface area contributed by atoms with Crippen molar-refractivity contribution in [2.24, 2.45) is 0 Å². The average Bonchev–Trinajstić information content (AvgIpc) is 2.46. The maximum Gasteiger partial charge on any atom is 0.261 e. The molecule has 0 radical (unpaired) electrons. The molecule has 23 heavy (non-hydrogen) atoms. The van der Waals surface area contributed by atoms with Gasteiger partial charge in [0.2, 0.25) is 0 Å². The predicted molar refractivity (Wildman–Crippen MR) is 97.1 cm³/mol. The van der Waals surface area contributed by atoms with Gasteiger partial charge in [-0.05, 0) is 62.8 Å². The van der Waals surface area contributed by atoms with Crippen molar-refractivity contribution < 1.29 is 9.53 Å². The minimum atomic E-state index is -0.300. The molecular formula is C18H20N2O2S. The molecule has 2 aromatic rings. The first-order valence-corrected chi connectivity index (χ1v) is 7.81. The number of aryl methyl sites for hydroxylation is 1. The van der Waals surface area contributed by atoms with Crippen LogP contribution < -0.4 is 15.4 Å². The van der Waals surface area contributed by atoms with Crippen LogP contribution in [0.25, 0.3) is 0 Å². The fraction of sp³-hybridized carbons (Fsp3) is 0.222. The van der Waals surface area contributed by atoms with Gasteiger partial charge in [0.05, 0.1) is 11.7 Å². The molecule has 0 heterocycles. The summed E-state index contributed by atoms with van der Waals surface area (Å²) in [7, 11) is 0. The summed E-state index contributed by atoms with van der Waals surface area (Å²) in [6, 6.07) is 14.9. The summed E-state index contributed by atoms with van der Waals surface area (Å²) in [6.45, 7) is 5.82. The van der Waals surface area contributed by atoms with Crippen LogP contribution in [-0.2, 0) is 0 Å². The van der Waals surface area contributed by atoms with E-state index in [2.05, 4.69) is 10.6 Å². The van der Waals surface area contributed by atoms with Crippen molar-refractivity contribution in [3.05, 3.63) is 59.7 Å². The summed E-state index contributed by atoms with van der Waals surface area (Å²) < 4.78 is 5.66. The molecule has 4 nitrogen and oxygen atoms in total. The molecule has 5 heteroatoms. The minimum absolute atomic E-state index is 0.0127. The Bertz CT molecular complexity index is 714. The molecule has 0 fully saturated rings. The number of hydrogen-bond donors (Lipinski definition) is 2. The Kier molecular flexibility index (Phi) is 5.71. The second kappa shape index (κ2) is 7.74. The predicted octanol–water partition coefficient (Wildman–Crippen LogP) is 3.91. The van der Waals surface area contributed by atoms with Crippen molar-refractivity contribution in [2.45, 2.75) is 26.9 Å². The molecule has 2 aromatic carbocycles. The molecule has 0 aliphatic heterocycles. The third-order valence-corrected chi connectivity index (χ3v) is 3.20. The molecule has 0 aliphatic rings. The van der Waals surface area contributed by atoms with E-state index >= 15 is 0 Å². The highest BCUT2D eigenvalue weighted by Crippen LogP contribution is 2.19. The molecule has 0 aliphatic carbocycles.